The molecule has 1 aromatic carbocycles. The van der Waals surface area contributed by atoms with Crippen LogP contribution < -0.4 is 10.5 Å². The third-order valence-corrected chi connectivity index (χ3v) is 3.51. The van der Waals surface area contributed by atoms with Gasteiger partial charge in [0.1, 0.15) is 5.75 Å². The summed E-state index contributed by atoms with van der Waals surface area (Å²) in [5, 5.41) is 9.39. The predicted octanol–water partition coefficient (Wildman–Crippen LogP) is 1.51. The molecule has 1 saturated carbocycles. The van der Waals surface area contributed by atoms with E-state index in [1.165, 1.54) is 5.56 Å². The van der Waals surface area contributed by atoms with Crippen molar-refractivity contribution >= 4 is 0 Å². The van der Waals surface area contributed by atoms with Gasteiger partial charge in [0.25, 0.3) is 0 Å². The van der Waals surface area contributed by atoms with Crippen LogP contribution in [0.3, 0.4) is 0 Å². The van der Waals surface area contributed by atoms with Crippen LogP contribution in [0.15, 0.2) is 24.3 Å². The average Bonchev–Trinajstić information content (AvgIpc) is 3.05. The zero-order valence-electron chi connectivity index (χ0n) is 9.65. The van der Waals surface area contributed by atoms with E-state index >= 15 is 0 Å². The van der Waals surface area contributed by atoms with E-state index in [0.717, 1.165) is 12.2 Å². The highest BCUT2D eigenvalue weighted by Gasteiger charge is 2.54. The second kappa shape index (κ2) is 4.44. The Balaban J connectivity index is 2.22. The Morgan fingerprint density at radius 2 is 2.25 bits per heavy atom. The van der Waals surface area contributed by atoms with Crippen LogP contribution >= 0.6 is 0 Å². The lowest BCUT2D eigenvalue weighted by Crippen LogP contribution is -2.21. The normalized spacial score (nSPS) is 27.8. The van der Waals surface area contributed by atoms with E-state index in [1.54, 1.807) is 0 Å². The Labute approximate surface area is 96.2 Å². The molecule has 0 spiro atoms. The summed E-state index contributed by atoms with van der Waals surface area (Å²) < 4.78 is 5.60. The summed E-state index contributed by atoms with van der Waals surface area (Å²) in [6, 6.07) is 8.04. The van der Waals surface area contributed by atoms with Crippen LogP contribution in [-0.2, 0) is 0 Å². The molecule has 1 fully saturated rings. The Kier molecular flexibility index (Phi) is 3.17. The SMILES string of the molecule is CCOc1ccccc1C1CC1(CN)CO. The Morgan fingerprint density at radius 3 is 2.81 bits per heavy atom. The summed E-state index contributed by atoms with van der Waals surface area (Å²) in [5.41, 5.74) is 6.81. The molecule has 0 amide bonds. The average molecular weight is 221 g/mol. The first-order valence-corrected chi connectivity index (χ1v) is 5.80. The molecule has 2 rings (SSSR count). The molecule has 0 aliphatic heterocycles. The molecular formula is C13H19NO2. The molecule has 1 aromatic rings. The van der Waals surface area contributed by atoms with Crippen LogP contribution in [0.25, 0.3) is 0 Å². The second-order valence-electron chi connectivity index (χ2n) is 4.45. The van der Waals surface area contributed by atoms with Crippen molar-refractivity contribution in [2.24, 2.45) is 11.1 Å². The highest BCUT2D eigenvalue weighted by Crippen LogP contribution is 2.59. The molecule has 1 aliphatic carbocycles. The third kappa shape index (κ3) is 1.81. The van der Waals surface area contributed by atoms with Crippen molar-refractivity contribution in [2.75, 3.05) is 19.8 Å². The first-order chi connectivity index (χ1) is 7.77. The molecule has 3 nitrogen and oxygen atoms in total. The minimum atomic E-state index is -0.104. The summed E-state index contributed by atoms with van der Waals surface area (Å²) in [7, 11) is 0. The molecular weight excluding hydrogens is 202 g/mol. The highest BCUT2D eigenvalue weighted by molar-refractivity contribution is 5.41. The predicted molar refractivity (Wildman–Crippen MR) is 63.5 cm³/mol. The molecule has 2 unspecified atom stereocenters. The van der Waals surface area contributed by atoms with Gasteiger partial charge in [0.05, 0.1) is 13.2 Å². The standard InChI is InChI=1S/C13H19NO2/c1-2-16-12-6-4-3-5-10(12)11-7-13(11,8-14)9-15/h3-6,11,15H,2,7-9,14H2,1H3. The van der Waals surface area contributed by atoms with Gasteiger partial charge in [0, 0.05) is 12.0 Å². The van der Waals surface area contributed by atoms with Crippen molar-refractivity contribution in [1.29, 1.82) is 0 Å². The number of hydrogen-bond donors (Lipinski definition) is 2. The third-order valence-electron chi connectivity index (χ3n) is 3.51. The molecule has 88 valence electrons. The van der Waals surface area contributed by atoms with Gasteiger partial charge in [0.2, 0.25) is 0 Å². The van der Waals surface area contributed by atoms with Gasteiger partial charge < -0.3 is 15.6 Å². The number of benzene rings is 1. The number of para-hydroxylation sites is 1. The lowest BCUT2D eigenvalue weighted by molar-refractivity contribution is 0.211. The Morgan fingerprint density at radius 1 is 1.50 bits per heavy atom. The maximum Gasteiger partial charge on any atom is 0.122 e. The fourth-order valence-electron chi connectivity index (χ4n) is 2.31. The quantitative estimate of drug-likeness (QED) is 0.792. The lowest BCUT2D eigenvalue weighted by Gasteiger charge is -2.14. The largest absolute Gasteiger partial charge is 0.494 e. The van der Waals surface area contributed by atoms with Crippen LogP contribution in [0.5, 0.6) is 5.75 Å². The second-order valence-corrected chi connectivity index (χ2v) is 4.45. The van der Waals surface area contributed by atoms with Crippen molar-refractivity contribution in [3.8, 4) is 5.75 Å². The van der Waals surface area contributed by atoms with Crippen LogP contribution in [0.2, 0.25) is 0 Å². The molecule has 2 atom stereocenters. The lowest BCUT2D eigenvalue weighted by atomic mass is 9.99. The van der Waals surface area contributed by atoms with Crippen molar-refractivity contribution < 1.29 is 9.84 Å². The van der Waals surface area contributed by atoms with E-state index in [0.29, 0.717) is 19.1 Å². The van der Waals surface area contributed by atoms with Crippen LogP contribution in [0.4, 0.5) is 0 Å². The van der Waals surface area contributed by atoms with Gasteiger partial charge in [-0.1, -0.05) is 18.2 Å². The smallest absolute Gasteiger partial charge is 0.122 e. The van der Waals surface area contributed by atoms with E-state index in [2.05, 4.69) is 6.07 Å². The molecule has 16 heavy (non-hydrogen) atoms. The molecule has 3 N–H and O–H groups in total. The van der Waals surface area contributed by atoms with Gasteiger partial charge >= 0.3 is 0 Å². The Bertz CT molecular complexity index is 361. The number of rotatable bonds is 5. The van der Waals surface area contributed by atoms with E-state index in [4.69, 9.17) is 10.5 Å². The first-order valence-electron chi connectivity index (χ1n) is 5.80. The first kappa shape index (κ1) is 11.4. The fraction of sp³-hybridized carbons (Fsp3) is 0.538. The maximum absolute atomic E-state index is 9.39. The molecule has 0 saturated heterocycles. The molecule has 0 aromatic heterocycles. The van der Waals surface area contributed by atoms with Gasteiger partial charge in [-0.15, -0.1) is 0 Å². The Hall–Kier alpha value is -1.06. The van der Waals surface area contributed by atoms with Crippen molar-refractivity contribution in [3.05, 3.63) is 29.8 Å². The van der Waals surface area contributed by atoms with E-state index < -0.39 is 0 Å². The zero-order chi connectivity index (χ0) is 11.6. The number of nitrogens with two attached hydrogens (primary N) is 1. The van der Waals surface area contributed by atoms with Gasteiger partial charge in [-0.05, 0) is 30.9 Å². The van der Waals surface area contributed by atoms with E-state index in [1.807, 2.05) is 25.1 Å². The van der Waals surface area contributed by atoms with Gasteiger partial charge in [-0.2, -0.15) is 0 Å². The maximum atomic E-state index is 9.39. The van der Waals surface area contributed by atoms with Crippen molar-refractivity contribution in [1.82, 2.24) is 0 Å². The minimum Gasteiger partial charge on any atom is -0.494 e. The topological polar surface area (TPSA) is 55.5 Å². The minimum absolute atomic E-state index is 0.104. The van der Waals surface area contributed by atoms with E-state index in [9.17, 15) is 5.11 Å². The molecule has 1 aliphatic rings. The molecule has 3 heteroatoms. The summed E-state index contributed by atoms with van der Waals surface area (Å²) in [6.45, 7) is 3.34. The number of hydrogen-bond acceptors (Lipinski definition) is 3. The van der Waals surface area contributed by atoms with E-state index in [-0.39, 0.29) is 12.0 Å². The highest BCUT2D eigenvalue weighted by atomic mass is 16.5. The van der Waals surface area contributed by atoms with Crippen LogP contribution in [0.1, 0.15) is 24.8 Å². The fourth-order valence-corrected chi connectivity index (χ4v) is 2.31. The summed E-state index contributed by atoms with van der Waals surface area (Å²) in [5.74, 6) is 1.28. The summed E-state index contributed by atoms with van der Waals surface area (Å²) in [4.78, 5) is 0. The van der Waals surface area contributed by atoms with Gasteiger partial charge in [-0.25, -0.2) is 0 Å². The monoisotopic (exact) mass is 221 g/mol. The number of aliphatic hydroxyl groups is 1. The zero-order valence-corrected chi connectivity index (χ0v) is 9.65. The number of ether oxygens (including phenoxy) is 1. The van der Waals surface area contributed by atoms with Crippen molar-refractivity contribution in [3.63, 3.8) is 0 Å². The number of aliphatic hydroxyl groups excluding tert-OH is 1. The molecule has 0 bridgehead atoms. The molecule has 0 heterocycles. The summed E-state index contributed by atoms with van der Waals surface area (Å²) in [6.07, 6.45) is 0.962. The van der Waals surface area contributed by atoms with Crippen molar-refractivity contribution in [2.45, 2.75) is 19.3 Å². The van der Waals surface area contributed by atoms with Crippen LogP contribution in [-0.4, -0.2) is 24.9 Å². The van der Waals surface area contributed by atoms with Gasteiger partial charge in [-0.3, -0.25) is 0 Å². The molecule has 0 radical (unpaired) electrons. The van der Waals surface area contributed by atoms with Gasteiger partial charge in [0.15, 0.2) is 0 Å². The van der Waals surface area contributed by atoms with Crippen LogP contribution in [0, 0.1) is 5.41 Å². The summed E-state index contributed by atoms with van der Waals surface area (Å²) >= 11 is 0.